The molecule has 0 radical (unpaired) electrons. The minimum Gasteiger partial charge on any atom is -0.267 e. The summed E-state index contributed by atoms with van der Waals surface area (Å²) in [7, 11) is 0. The Hall–Kier alpha value is -1.46. The second-order valence-electron chi connectivity index (χ2n) is 4.21. The van der Waals surface area contributed by atoms with Gasteiger partial charge in [0, 0.05) is 14.5 Å². The van der Waals surface area contributed by atoms with Crippen molar-refractivity contribution >= 4 is 44.0 Å². The molecule has 0 bridgehead atoms. The van der Waals surface area contributed by atoms with Crippen LogP contribution >= 0.6 is 31.9 Å². The van der Waals surface area contributed by atoms with Crippen LogP contribution in [-0.4, -0.2) is 12.1 Å². The molecule has 2 aromatic rings. The summed E-state index contributed by atoms with van der Waals surface area (Å²) in [5.41, 5.74) is 5.14. The van der Waals surface area contributed by atoms with Crippen LogP contribution in [0.3, 0.4) is 0 Å². The van der Waals surface area contributed by atoms with Gasteiger partial charge in [0.15, 0.2) is 0 Å². The molecule has 20 heavy (non-hydrogen) atoms. The summed E-state index contributed by atoms with van der Waals surface area (Å²) in [6.07, 6.45) is 1.61. The molecule has 0 fully saturated rings. The van der Waals surface area contributed by atoms with Crippen LogP contribution in [0.2, 0.25) is 0 Å². The molecule has 0 spiro atoms. The first kappa shape index (κ1) is 14.9. The maximum atomic E-state index is 11.8. The van der Waals surface area contributed by atoms with Crippen molar-refractivity contribution in [2.75, 3.05) is 0 Å². The zero-order valence-corrected chi connectivity index (χ0v) is 13.9. The largest absolute Gasteiger partial charge is 0.271 e. The Morgan fingerprint density at radius 3 is 2.50 bits per heavy atom. The van der Waals surface area contributed by atoms with E-state index in [1.54, 1.807) is 18.3 Å². The van der Waals surface area contributed by atoms with Crippen LogP contribution in [0.4, 0.5) is 0 Å². The lowest BCUT2D eigenvalue weighted by molar-refractivity contribution is 0.0955. The number of amides is 1. The number of hydrogen-bond donors (Lipinski definition) is 1. The highest BCUT2D eigenvalue weighted by Crippen LogP contribution is 2.16. The Labute approximate surface area is 134 Å². The maximum absolute atomic E-state index is 11.8. The van der Waals surface area contributed by atoms with Crippen LogP contribution in [0.5, 0.6) is 0 Å². The third-order valence-electron chi connectivity index (χ3n) is 2.68. The van der Waals surface area contributed by atoms with Gasteiger partial charge in [-0.3, -0.25) is 4.79 Å². The number of hydrazone groups is 1. The van der Waals surface area contributed by atoms with Crippen LogP contribution in [-0.2, 0) is 0 Å². The van der Waals surface area contributed by atoms with E-state index in [1.165, 1.54) is 0 Å². The van der Waals surface area contributed by atoms with Crippen molar-refractivity contribution in [3.8, 4) is 0 Å². The van der Waals surface area contributed by atoms with Gasteiger partial charge in [-0.1, -0.05) is 44.0 Å². The van der Waals surface area contributed by atoms with E-state index in [0.717, 1.165) is 20.1 Å². The summed E-state index contributed by atoms with van der Waals surface area (Å²) in [6, 6.07) is 13.0. The second kappa shape index (κ2) is 6.81. The predicted molar refractivity (Wildman–Crippen MR) is 88.1 cm³/mol. The van der Waals surface area contributed by atoms with Gasteiger partial charge in [0.1, 0.15) is 0 Å². The number of rotatable bonds is 3. The average Bonchev–Trinajstić information content (AvgIpc) is 2.43. The fraction of sp³-hybridized carbons (Fsp3) is 0.0667. The van der Waals surface area contributed by atoms with Crippen molar-refractivity contribution in [3.63, 3.8) is 0 Å². The molecule has 0 aliphatic carbocycles. The number of nitrogens with zero attached hydrogens (tertiary/aromatic N) is 1. The molecule has 0 aromatic heterocycles. The van der Waals surface area contributed by atoms with E-state index in [1.807, 2.05) is 37.3 Å². The maximum Gasteiger partial charge on any atom is 0.271 e. The molecular weight excluding hydrogens is 384 g/mol. The lowest BCUT2D eigenvalue weighted by Gasteiger charge is -2.01. The summed E-state index contributed by atoms with van der Waals surface area (Å²) in [4.78, 5) is 11.8. The number of halogens is 2. The molecule has 2 rings (SSSR count). The van der Waals surface area contributed by atoms with Gasteiger partial charge in [-0.2, -0.15) is 5.10 Å². The second-order valence-corrected chi connectivity index (χ2v) is 5.98. The number of hydrogen-bond acceptors (Lipinski definition) is 2. The Bertz CT molecular complexity index is 651. The molecule has 3 nitrogen and oxygen atoms in total. The minimum absolute atomic E-state index is 0.236. The molecule has 2 aromatic carbocycles. The molecule has 0 aliphatic heterocycles. The van der Waals surface area contributed by atoms with Crippen LogP contribution in [0.1, 0.15) is 21.5 Å². The predicted octanol–water partition coefficient (Wildman–Crippen LogP) is 4.28. The van der Waals surface area contributed by atoms with Gasteiger partial charge < -0.3 is 0 Å². The lowest BCUT2D eigenvalue weighted by atomic mass is 10.2. The van der Waals surface area contributed by atoms with Gasteiger partial charge in [0.25, 0.3) is 5.91 Å². The molecule has 0 unspecified atom stereocenters. The van der Waals surface area contributed by atoms with Gasteiger partial charge in [0.05, 0.1) is 6.21 Å². The van der Waals surface area contributed by atoms with Gasteiger partial charge in [-0.25, -0.2) is 5.43 Å². The molecule has 102 valence electrons. The van der Waals surface area contributed by atoms with Crippen molar-refractivity contribution < 1.29 is 4.79 Å². The molecule has 0 atom stereocenters. The van der Waals surface area contributed by atoms with Crippen LogP contribution in [0.15, 0.2) is 56.5 Å². The third kappa shape index (κ3) is 4.02. The molecule has 0 saturated heterocycles. The molecule has 5 heteroatoms. The van der Waals surface area contributed by atoms with E-state index in [4.69, 9.17) is 0 Å². The summed E-state index contributed by atoms with van der Waals surface area (Å²) >= 11 is 6.78. The summed E-state index contributed by atoms with van der Waals surface area (Å²) in [6.45, 7) is 2.01. The Balaban J connectivity index is 2.00. The topological polar surface area (TPSA) is 41.5 Å². The van der Waals surface area contributed by atoms with Crippen LogP contribution in [0, 0.1) is 6.92 Å². The molecular formula is C15H12Br2N2O. The van der Waals surface area contributed by atoms with E-state index in [9.17, 15) is 4.79 Å². The summed E-state index contributed by atoms with van der Waals surface area (Å²) < 4.78 is 1.95. The van der Waals surface area contributed by atoms with Crippen molar-refractivity contribution in [2.24, 2.45) is 5.10 Å². The van der Waals surface area contributed by atoms with Gasteiger partial charge in [-0.05, 0) is 48.4 Å². The van der Waals surface area contributed by atoms with E-state index < -0.39 is 0 Å². The highest BCUT2D eigenvalue weighted by Gasteiger charge is 2.03. The normalized spacial score (nSPS) is 10.8. The third-order valence-corrected chi connectivity index (χ3v) is 4.07. The summed E-state index contributed by atoms with van der Waals surface area (Å²) in [5, 5.41) is 3.95. The van der Waals surface area contributed by atoms with E-state index >= 15 is 0 Å². The Morgan fingerprint density at radius 1 is 1.15 bits per heavy atom. The van der Waals surface area contributed by atoms with Crippen molar-refractivity contribution in [3.05, 3.63) is 68.1 Å². The zero-order valence-electron chi connectivity index (χ0n) is 10.7. The number of nitrogens with one attached hydrogen (secondary N) is 1. The standard InChI is InChI=1S/C15H12Br2N2O/c1-10-2-3-11(8-14(10)17)9-18-19-15(20)12-4-6-13(16)7-5-12/h2-9H,1H3,(H,19,20)/b18-9-. The lowest BCUT2D eigenvalue weighted by Crippen LogP contribution is -2.17. The zero-order chi connectivity index (χ0) is 14.5. The number of benzene rings is 2. The van der Waals surface area contributed by atoms with E-state index in [2.05, 4.69) is 42.4 Å². The van der Waals surface area contributed by atoms with Gasteiger partial charge >= 0.3 is 0 Å². The molecule has 0 heterocycles. The van der Waals surface area contributed by atoms with E-state index in [0.29, 0.717) is 5.56 Å². The first-order chi connectivity index (χ1) is 9.56. The monoisotopic (exact) mass is 394 g/mol. The quantitative estimate of drug-likeness (QED) is 0.611. The molecule has 1 amide bonds. The van der Waals surface area contributed by atoms with Crippen LogP contribution < -0.4 is 5.43 Å². The van der Waals surface area contributed by atoms with Crippen molar-refractivity contribution in [2.45, 2.75) is 6.92 Å². The SMILES string of the molecule is Cc1ccc(/C=N\NC(=O)c2ccc(Br)cc2)cc1Br. The Kier molecular flexibility index (Phi) is 5.09. The smallest absolute Gasteiger partial charge is 0.267 e. The van der Waals surface area contributed by atoms with Crippen LogP contribution in [0.25, 0.3) is 0 Å². The fourth-order valence-corrected chi connectivity index (χ4v) is 2.18. The summed E-state index contributed by atoms with van der Waals surface area (Å²) in [5.74, 6) is -0.236. The van der Waals surface area contributed by atoms with E-state index in [-0.39, 0.29) is 5.91 Å². The highest BCUT2D eigenvalue weighted by atomic mass is 79.9. The number of carbonyl (C=O) groups is 1. The first-order valence-electron chi connectivity index (χ1n) is 5.91. The first-order valence-corrected chi connectivity index (χ1v) is 7.50. The van der Waals surface area contributed by atoms with Gasteiger partial charge in [-0.15, -0.1) is 0 Å². The Morgan fingerprint density at radius 2 is 1.85 bits per heavy atom. The molecule has 0 aliphatic rings. The van der Waals surface area contributed by atoms with Gasteiger partial charge in [0.2, 0.25) is 0 Å². The number of carbonyl (C=O) groups excluding carboxylic acids is 1. The fourth-order valence-electron chi connectivity index (χ4n) is 1.52. The average molecular weight is 396 g/mol. The molecule has 0 saturated carbocycles. The number of aryl methyl sites for hydroxylation is 1. The molecule has 1 N–H and O–H groups in total. The van der Waals surface area contributed by atoms with Crippen molar-refractivity contribution in [1.29, 1.82) is 0 Å². The highest BCUT2D eigenvalue weighted by molar-refractivity contribution is 9.10. The minimum atomic E-state index is -0.236. The van der Waals surface area contributed by atoms with Crippen molar-refractivity contribution in [1.82, 2.24) is 5.43 Å².